The number of ether oxygens (including phenoxy) is 8. The summed E-state index contributed by atoms with van der Waals surface area (Å²) in [6.07, 6.45) is -28.3. The van der Waals surface area contributed by atoms with Crippen LogP contribution in [0.5, 0.6) is 0 Å². The van der Waals surface area contributed by atoms with E-state index in [0.717, 1.165) is 0 Å². The fourth-order valence-corrected chi connectivity index (χ4v) is 7.95. The van der Waals surface area contributed by atoms with Gasteiger partial charge in [-0.2, -0.15) is 0 Å². The highest BCUT2D eigenvalue weighted by atomic mass is 16.7. The summed E-state index contributed by atoms with van der Waals surface area (Å²) in [6, 6.07) is -2.50. The lowest BCUT2D eigenvalue weighted by atomic mass is 9.89. The van der Waals surface area contributed by atoms with Gasteiger partial charge in [0.15, 0.2) is 24.8 Å². The Balaban J connectivity index is 1.68. The summed E-state index contributed by atoms with van der Waals surface area (Å²) in [5.74, 6) is -3.81. The molecule has 0 amide bonds. The summed E-state index contributed by atoms with van der Waals surface area (Å²) in [5, 5.41) is 113. The van der Waals surface area contributed by atoms with Gasteiger partial charge in [0.05, 0.1) is 49.7 Å². The molecular formula is C37H66N2O20. The Morgan fingerprint density at radius 1 is 0.525 bits per heavy atom. The molecule has 22 heteroatoms. The molecule has 12 N–H and O–H groups in total. The van der Waals surface area contributed by atoms with Crippen LogP contribution in [0.25, 0.3) is 0 Å². The number of hydrogen-bond donors (Lipinski definition) is 12. The normalized spacial score (nSPS) is 43.5. The van der Waals surface area contributed by atoms with Crippen molar-refractivity contribution in [2.75, 3.05) is 19.9 Å². The highest BCUT2D eigenvalue weighted by Gasteiger charge is 2.56. The van der Waals surface area contributed by atoms with E-state index in [1.165, 1.54) is 0 Å². The molecule has 20 atom stereocenters. The summed E-state index contributed by atoms with van der Waals surface area (Å²) < 4.78 is 47.6. The summed E-state index contributed by atoms with van der Waals surface area (Å²) >= 11 is 0. The predicted octanol–water partition coefficient (Wildman–Crippen LogP) is -4.17. The van der Waals surface area contributed by atoms with Crippen LogP contribution in [-0.2, 0) is 47.5 Å². The van der Waals surface area contributed by atoms with Crippen molar-refractivity contribution in [1.29, 1.82) is 0 Å². The van der Waals surface area contributed by atoms with Crippen molar-refractivity contribution in [3.05, 3.63) is 0 Å². The minimum Gasteiger partial charge on any atom is -0.479 e. The highest BCUT2D eigenvalue weighted by Crippen LogP contribution is 2.35. The first-order chi connectivity index (χ1) is 27.6. The topological polar surface area (TPSA) is 334 Å². The second-order valence-corrected chi connectivity index (χ2v) is 16.7. The Labute approximate surface area is 342 Å². The predicted molar refractivity (Wildman–Crippen MR) is 198 cm³/mol. The van der Waals surface area contributed by atoms with Crippen molar-refractivity contribution in [3.8, 4) is 0 Å². The van der Waals surface area contributed by atoms with Gasteiger partial charge >= 0.3 is 11.9 Å². The van der Waals surface area contributed by atoms with Gasteiger partial charge < -0.3 is 89.0 Å². The first-order valence-corrected chi connectivity index (χ1v) is 20.1. The molecule has 4 aliphatic rings. The Bertz CT molecular complexity index is 1230. The monoisotopic (exact) mass is 858 g/mol. The van der Waals surface area contributed by atoms with E-state index in [1.54, 1.807) is 55.4 Å². The van der Waals surface area contributed by atoms with E-state index in [4.69, 9.17) is 37.9 Å². The molecule has 4 heterocycles. The lowest BCUT2D eigenvalue weighted by Gasteiger charge is -2.49. The molecule has 0 bridgehead atoms. The number of hydrogen-bond acceptors (Lipinski definition) is 20. The van der Waals surface area contributed by atoms with Crippen LogP contribution in [0.3, 0.4) is 0 Å². The van der Waals surface area contributed by atoms with Crippen LogP contribution in [-0.4, -0.2) is 217 Å². The van der Waals surface area contributed by atoms with E-state index >= 15 is 0 Å². The third-order valence-corrected chi connectivity index (χ3v) is 10.9. The first-order valence-electron chi connectivity index (χ1n) is 20.1. The summed E-state index contributed by atoms with van der Waals surface area (Å²) in [4.78, 5) is 24.8. The van der Waals surface area contributed by atoms with E-state index in [0.29, 0.717) is 0 Å². The molecule has 0 aromatic carbocycles. The zero-order valence-electron chi connectivity index (χ0n) is 34.5. The largest absolute Gasteiger partial charge is 0.479 e. The second kappa shape index (κ2) is 21.5. The van der Waals surface area contributed by atoms with Crippen LogP contribution in [0.15, 0.2) is 0 Å². The lowest BCUT2D eigenvalue weighted by Crippen LogP contribution is -2.71. The van der Waals surface area contributed by atoms with E-state index in [-0.39, 0.29) is 6.67 Å². The van der Waals surface area contributed by atoms with Gasteiger partial charge in [-0.3, -0.25) is 10.6 Å². The Hall–Kier alpha value is -1.78. The molecule has 4 rings (SSSR count). The van der Waals surface area contributed by atoms with E-state index in [2.05, 4.69) is 10.6 Å². The van der Waals surface area contributed by atoms with Crippen molar-refractivity contribution in [2.24, 2.45) is 11.8 Å². The SMILES string of the molecule is CC(C)OC1C(O)C(CO)OC(OC2C(C(=O)O)OC(C(C)C)C(O)C2O)C1NCNC1C(OC2C(C(=O)O)OC(C(C)C)C(O)C2O)OC(CO)C(O)C1OC(C)C. The average molecular weight is 859 g/mol. The minimum absolute atomic E-state index is 0.348. The van der Waals surface area contributed by atoms with Gasteiger partial charge in [0.1, 0.15) is 73.2 Å². The first kappa shape index (κ1) is 49.9. The Morgan fingerprint density at radius 3 is 1.14 bits per heavy atom. The summed E-state index contributed by atoms with van der Waals surface area (Å²) in [7, 11) is 0. The molecule has 0 radical (unpaired) electrons. The quantitative estimate of drug-likeness (QED) is 0.0582. The van der Waals surface area contributed by atoms with Gasteiger partial charge in [-0.1, -0.05) is 27.7 Å². The van der Waals surface area contributed by atoms with Crippen molar-refractivity contribution >= 4 is 11.9 Å². The zero-order valence-corrected chi connectivity index (χ0v) is 34.5. The molecule has 0 aromatic rings. The van der Waals surface area contributed by atoms with Crippen molar-refractivity contribution in [2.45, 2.75) is 190 Å². The Morgan fingerprint density at radius 2 is 0.864 bits per heavy atom. The van der Waals surface area contributed by atoms with Gasteiger partial charge in [0, 0.05) is 6.67 Å². The molecule has 4 aliphatic heterocycles. The van der Waals surface area contributed by atoms with Crippen LogP contribution in [0.1, 0.15) is 55.4 Å². The molecule has 344 valence electrons. The number of carbonyl (C=O) groups is 2. The number of nitrogens with one attached hydrogen (secondary N) is 2. The molecule has 20 unspecified atom stereocenters. The molecule has 59 heavy (non-hydrogen) atoms. The van der Waals surface area contributed by atoms with Crippen LogP contribution < -0.4 is 10.6 Å². The van der Waals surface area contributed by atoms with Crippen molar-refractivity contribution in [3.63, 3.8) is 0 Å². The van der Waals surface area contributed by atoms with Gasteiger partial charge in [0.2, 0.25) is 0 Å². The molecule has 0 aliphatic carbocycles. The second-order valence-electron chi connectivity index (χ2n) is 16.7. The van der Waals surface area contributed by atoms with Crippen LogP contribution in [0.2, 0.25) is 0 Å². The Kier molecular flexibility index (Phi) is 18.2. The number of aliphatic hydroxyl groups is 8. The summed E-state index contributed by atoms with van der Waals surface area (Å²) in [5.41, 5.74) is 0. The van der Waals surface area contributed by atoms with E-state index in [1.807, 2.05) is 0 Å². The third kappa shape index (κ3) is 11.4. The smallest absolute Gasteiger partial charge is 0.335 e. The van der Waals surface area contributed by atoms with Crippen LogP contribution in [0.4, 0.5) is 0 Å². The number of aliphatic hydroxyl groups excluding tert-OH is 8. The maximum Gasteiger partial charge on any atom is 0.335 e. The number of rotatable bonds is 18. The van der Waals surface area contributed by atoms with Gasteiger partial charge in [0.25, 0.3) is 0 Å². The zero-order chi connectivity index (χ0) is 44.2. The van der Waals surface area contributed by atoms with Crippen LogP contribution in [0, 0.1) is 11.8 Å². The number of carboxylic acids is 2. The molecule has 0 saturated carbocycles. The molecule has 0 aromatic heterocycles. The molecule has 0 spiro atoms. The van der Waals surface area contributed by atoms with Crippen LogP contribution >= 0.6 is 0 Å². The highest BCUT2D eigenvalue weighted by molar-refractivity contribution is 5.74. The van der Waals surface area contributed by atoms with E-state index < -0.39 is 172 Å². The van der Waals surface area contributed by atoms with Gasteiger partial charge in [-0.05, 0) is 39.5 Å². The van der Waals surface area contributed by atoms with Gasteiger partial charge in [-0.25, -0.2) is 9.59 Å². The molecule has 22 nitrogen and oxygen atoms in total. The number of aliphatic carboxylic acids is 2. The molecule has 4 fully saturated rings. The average Bonchev–Trinajstić information content (AvgIpc) is 3.15. The van der Waals surface area contributed by atoms with Crippen molar-refractivity contribution < 1.29 is 98.5 Å². The third-order valence-electron chi connectivity index (χ3n) is 10.9. The van der Waals surface area contributed by atoms with E-state index in [9.17, 15) is 60.7 Å². The maximum absolute atomic E-state index is 12.4. The lowest BCUT2D eigenvalue weighted by molar-refractivity contribution is -0.328. The number of carboxylic acid groups (broad SMARTS) is 2. The van der Waals surface area contributed by atoms with Gasteiger partial charge in [-0.15, -0.1) is 0 Å². The standard InChI is InChI=1S/C37H66N2O20/c1-12(2)26-22(44)24(46)30(32(56-26)34(48)49)58-36-18(28(52-14(5)6)20(42)16(9-40)54-36)38-11-39-19-29(53-15(7)8)21(43)17(10-41)55-37(19)59-31-25(47)23(45)27(13(3)4)57-33(31)35(50)51/h12-33,36-47H,9-11H2,1-8H3,(H,48,49)(H,50,51). The molecular weight excluding hydrogens is 792 g/mol. The maximum atomic E-state index is 12.4. The van der Waals surface area contributed by atoms with Crippen molar-refractivity contribution in [1.82, 2.24) is 10.6 Å². The molecule has 4 saturated heterocycles. The fourth-order valence-electron chi connectivity index (χ4n) is 7.95. The minimum atomic E-state index is -1.79. The fraction of sp³-hybridized carbons (Fsp3) is 0.946. The summed E-state index contributed by atoms with van der Waals surface area (Å²) in [6.45, 7) is 11.6.